The number of anilines is 1. The number of nitrogens with zero attached hydrogens (tertiary/aromatic N) is 4. The molecule has 3 heterocycles. The van der Waals surface area contributed by atoms with E-state index >= 15 is 0 Å². The maximum Gasteiger partial charge on any atom is 0.308 e. The fourth-order valence-electron chi connectivity index (χ4n) is 6.29. The average Bonchev–Trinajstić information content (AvgIpc) is 3.34. The van der Waals surface area contributed by atoms with Gasteiger partial charge in [-0.05, 0) is 96.5 Å². The third-order valence-corrected chi connectivity index (χ3v) is 8.79. The summed E-state index contributed by atoms with van der Waals surface area (Å²) in [5.41, 5.74) is 0.907. The Morgan fingerprint density at radius 2 is 1.86 bits per heavy atom. The number of carbonyl (C=O) groups excluding carboxylic acids is 2. The minimum absolute atomic E-state index is 0.0224. The number of esters is 1. The zero-order valence-corrected chi connectivity index (χ0v) is 25.2. The monoisotopic (exact) mass is 595 g/mol. The Labute approximate surface area is 251 Å². The van der Waals surface area contributed by atoms with Crippen LogP contribution in [0.4, 0.5) is 10.3 Å². The lowest BCUT2D eigenvalue weighted by molar-refractivity contribution is -0.149. The van der Waals surface area contributed by atoms with Gasteiger partial charge >= 0.3 is 5.97 Å². The van der Waals surface area contributed by atoms with Crippen LogP contribution in [0.25, 0.3) is 11.0 Å². The van der Waals surface area contributed by atoms with Crippen LogP contribution >= 0.6 is 0 Å². The number of pyridine rings is 1. The minimum Gasteiger partial charge on any atom is -0.476 e. The second kappa shape index (κ2) is 13.4. The topological polar surface area (TPSA) is 119 Å². The van der Waals surface area contributed by atoms with E-state index in [9.17, 15) is 19.1 Å². The largest absolute Gasteiger partial charge is 0.476 e. The van der Waals surface area contributed by atoms with Crippen molar-refractivity contribution < 1.29 is 28.6 Å². The Bertz CT molecular complexity index is 1420. The molecule has 1 aromatic carbocycles. The Kier molecular flexibility index (Phi) is 9.61. The van der Waals surface area contributed by atoms with Crippen molar-refractivity contribution in [2.75, 3.05) is 38.2 Å². The molecule has 1 aliphatic heterocycles. The summed E-state index contributed by atoms with van der Waals surface area (Å²) in [4.78, 5) is 36.9. The van der Waals surface area contributed by atoms with Gasteiger partial charge in [-0.25, -0.2) is 14.4 Å². The number of rotatable bonds is 10. The fourth-order valence-corrected chi connectivity index (χ4v) is 6.29. The van der Waals surface area contributed by atoms with Crippen molar-refractivity contribution in [3.8, 4) is 5.88 Å². The molecule has 10 nitrogen and oxygen atoms in total. The molecule has 232 valence electrons. The third kappa shape index (κ3) is 7.51. The number of hydrogen-bond donors (Lipinski definition) is 2. The summed E-state index contributed by atoms with van der Waals surface area (Å²) >= 11 is 0. The smallest absolute Gasteiger partial charge is 0.308 e. The summed E-state index contributed by atoms with van der Waals surface area (Å²) in [6.45, 7) is 8.98. The molecule has 1 saturated carbocycles. The van der Waals surface area contributed by atoms with Gasteiger partial charge in [0.1, 0.15) is 17.9 Å². The van der Waals surface area contributed by atoms with E-state index in [1.807, 2.05) is 31.4 Å². The number of benzene rings is 1. The van der Waals surface area contributed by atoms with Gasteiger partial charge in [0, 0.05) is 24.2 Å². The van der Waals surface area contributed by atoms with Crippen molar-refractivity contribution >= 4 is 28.9 Å². The number of hydrogen-bond acceptors (Lipinski definition) is 8. The predicted octanol–water partition coefficient (Wildman–Crippen LogP) is 4.98. The lowest BCUT2D eigenvalue weighted by Crippen LogP contribution is -2.43. The van der Waals surface area contributed by atoms with Crippen LogP contribution in [0.1, 0.15) is 75.7 Å². The van der Waals surface area contributed by atoms with Crippen LogP contribution in [0.2, 0.25) is 0 Å². The van der Waals surface area contributed by atoms with Gasteiger partial charge < -0.3 is 19.1 Å². The first kappa shape index (κ1) is 30.9. The molecule has 1 saturated heterocycles. The highest BCUT2D eigenvalue weighted by Crippen LogP contribution is 2.38. The third-order valence-electron chi connectivity index (χ3n) is 8.79. The molecule has 43 heavy (non-hydrogen) atoms. The van der Waals surface area contributed by atoms with Gasteiger partial charge in [0.2, 0.25) is 11.8 Å². The van der Waals surface area contributed by atoms with Crippen molar-refractivity contribution in [2.24, 2.45) is 11.8 Å². The number of aromatic nitrogens is 3. The van der Waals surface area contributed by atoms with Crippen LogP contribution in [-0.4, -0.2) is 74.9 Å². The Hall–Kier alpha value is -3.57. The number of piperidine rings is 1. The van der Waals surface area contributed by atoms with Crippen molar-refractivity contribution in [3.05, 3.63) is 47.9 Å². The molecule has 1 aliphatic carbocycles. The summed E-state index contributed by atoms with van der Waals surface area (Å²) in [6.07, 6.45) is 6.29. The summed E-state index contributed by atoms with van der Waals surface area (Å²) < 4.78 is 27.1. The number of nitrogens with one attached hydrogen (secondary N) is 1. The first-order chi connectivity index (χ1) is 20.6. The number of imidazole rings is 1. The van der Waals surface area contributed by atoms with Gasteiger partial charge in [0.25, 0.3) is 5.91 Å². The van der Waals surface area contributed by atoms with E-state index in [0.717, 1.165) is 38.0 Å². The van der Waals surface area contributed by atoms with E-state index in [-0.39, 0.29) is 23.5 Å². The number of amides is 1. The molecule has 0 atom stereocenters. The van der Waals surface area contributed by atoms with E-state index in [4.69, 9.17) is 9.47 Å². The minimum atomic E-state index is -0.654. The number of likely N-dealkylation sites (tertiary alicyclic amines) is 1. The predicted molar refractivity (Wildman–Crippen MR) is 160 cm³/mol. The van der Waals surface area contributed by atoms with Gasteiger partial charge in [-0.15, -0.1) is 0 Å². The SMILES string of the molecule is CCOC(=O)C1CCC(n2c(NC(=O)c3cccc(F)c3)nc3cnc(OCCN4CCC(C(C)(C)O)CC4)cc32)CC1. The van der Waals surface area contributed by atoms with Gasteiger partial charge in [0.05, 0.1) is 29.8 Å². The summed E-state index contributed by atoms with van der Waals surface area (Å²) in [5, 5.41) is 13.2. The molecule has 0 unspecified atom stereocenters. The number of aliphatic hydroxyl groups is 1. The highest BCUT2D eigenvalue weighted by Gasteiger charge is 2.32. The van der Waals surface area contributed by atoms with Crippen LogP contribution in [0, 0.1) is 17.7 Å². The highest BCUT2D eigenvalue weighted by atomic mass is 19.1. The van der Waals surface area contributed by atoms with Gasteiger partial charge in [-0.2, -0.15) is 0 Å². The molecule has 2 aliphatic rings. The van der Waals surface area contributed by atoms with Gasteiger partial charge in [-0.1, -0.05) is 6.07 Å². The number of carbonyl (C=O) groups is 2. The van der Waals surface area contributed by atoms with E-state index in [0.29, 0.717) is 62.2 Å². The molecule has 2 aromatic heterocycles. The standard InChI is InChI=1S/C32H42FN5O5/c1-4-42-30(40)21-8-10-25(11-9-21)38-27-19-28(43-17-16-37-14-12-23(13-15-37)32(2,3)41)34-20-26(27)35-31(38)36-29(39)22-6-5-7-24(33)18-22/h5-7,18-21,23,25,41H,4,8-17H2,1-3H3,(H,35,36,39). The van der Waals surface area contributed by atoms with Gasteiger partial charge in [0.15, 0.2) is 0 Å². The molecule has 11 heteroatoms. The molecule has 1 amide bonds. The first-order valence-corrected chi connectivity index (χ1v) is 15.3. The van der Waals surface area contributed by atoms with Crippen molar-refractivity contribution in [1.29, 1.82) is 0 Å². The summed E-state index contributed by atoms with van der Waals surface area (Å²) in [5.74, 6) is -0.163. The lowest BCUT2D eigenvalue weighted by atomic mass is 9.83. The number of halogens is 1. The van der Waals surface area contributed by atoms with Crippen LogP contribution < -0.4 is 10.1 Å². The average molecular weight is 596 g/mol. The van der Waals surface area contributed by atoms with Crippen LogP contribution in [0.5, 0.6) is 5.88 Å². The molecule has 0 bridgehead atoms. The fraction of sp³-hybridized carbons (Fsp3) is 0.562. The molecule has 2 fully saturated rings. The maximum atomic E-state index is 13.8. The van der Waals surface area contributed by atoms with Crippen LogP contribution in [-0.2, 0) is 9.53 Å². The molecular formula is C32H42FN5O5. The molecule has 0 radical (unpaired) electrons. The van der Waals surface area contributed by atoms with E-state index in [1.165, 1.54) is 18.2 Å². The normalized spacial score (nSPS) is 20.2. The Balaban J connectivity index is 1.32. The van der Waals surface area contributed by atoms with E-state index in [1.54, 1.807) is 12.3 Å². The first-order valence-electron chi connectivity index (χ1n) is 15.3. The zero-order chi connectivity index (χ0) is 30.6. The molecule has 5 rings (SSSR count). The second-order valence-corrected chi connectivity index (χ2v) is 12.2. The van der Waals surface area contributed by atoms with Gasteiger partial charge in [-0.3, -0.25) is 19.8 Å². The molecule has 3 aromatic rings. The van der Waals surface area contributed by atoms with E-state index < -0.39 is 17.3 Å². The molecular weight excluding hydrogens is 553 g/mol. The van der Waals surface area contributed by atoms with Crippen molar-refractivity contribution in [2.45, 2.75) is 70.9 Å². The van der Waals surface area contributed by atoms with E-state index in [2.05, 4.69) is 20.2 Å². The maximum absolute atomic E-state index is 13.8. The van der Waals surface area contributed by atoms with Crippen molar-refractivity contribution in [1.82, 2.24) is 19.4 Å². The highest BCUT2D eigenvalue weighted by molar-refractivity contribution is 6.04. The van der Waals surface area contributed by atoms with Crippen molar-refractivity contribution in [3.63, 3.8) is 0 Å². The second-order valence-electron chi connectivity index (χ2n) is 12.2. The summed E-state index contributed by atoms with van der Waals surface area (Å²) in [7, 11) is 0. The summed E-state index contributed by atoms with van der Waals surface area (Å²) in [6, 6.07) is 7.35. The molecule has 2 N–H and O–H groups in total. The Morgan fingerprint density at radius 3 is 2.53 bits per heavy atom. The quantitative estimate of drug-likeness (QED) is 0.315. The van der Waals surface area contributed by atoms with Crippen LogP contribution in [0.15, 0.2) is 36.5 Å². The Morgan fingerprint density at radius 1 is 1.12 bits per heavy atom. The lowest BCUT2D eigenvalue weighted by Gasteiger charge is -2.37. The zero-order valence-electron chi connectivity index (χ0n) is 25.2. The van der Waals surface area contributed by atoms with Crippen LogP contribution in [0.3, 0.4) is 0 Å². The number of ether oxygens (including phenoxy) is 2. The number of fused-ring (bicyclic) bond motifs is 1. The molecule has 0 spiro atoms.